The van der Waals surface area contributed by atoms with E-state index in [0.717, 1.165) is 11.6 Å². The van der Waals surface area contributed by atoms with Gasteiger partial charge in [0.1, 0.15) is 11.4 Å². The van der Waals surface area contributed by atoms with Gasteiger partial charge in [-0.05, 0) is 43.7 Å². The maximum atomic E-state index is 14.0. The van der Waals surface area contributed by atoms with E-state index in [-0.39, 0.29) is 17.7 Å². The number of phenols is 1. The Morgan fingerprint density at radius 1 is 1.02 bits per heavy atom. The van der Waals surface area contributed by atoms with Crippen LogP contribution in [0.1, 0.15) is 34.2 Å². The van der Waals surface area contributed by atoms with Crippen molar-refractivity contribution in [1.29, 1.82) is 0 Å². The van der Waals surface area contributed by atoms with Crippen molar-refractivity contribution in [2.45, 2.75) is 36.1 Å². The van der Waals surface area contributed by atoms with E-state index in [0.29, 0.717) is 29.2 Å². The van der Waals surface area contributed by atoms with Crippen molar-refractivity contribution in [2.75, 3.05) is 6.54 Å². The Labute approximate surface area is 229 Å². The normalized spacial score (nSPS) is 13.6. The second-order valence-corrected chi connectivity index (χ2v) is 12.1. The first-order chi connectivity index (χ1) is 18.7. The summed E-state index contributed by atoms with van der Waals surface area (Å²) >= 11 is 0. The minimum Gasteiger partial charge on any atom is -0.507 e. The van der Waals surface area contributed by atoms with Crippen LogP contribution in [0.4, 0.5) is 13.2 Å². The smallest absolute Gasteiger partial charge is 0.433 e. The standard InChI is InChI=1S/C28H27F3N4O4S/c1-18-22(35(3)34-25(18)19-9-5-4-6-10-19)15-27(2,17-33-26(37)21-11-7-8-12-23(21)36)40(38,39)20-13-14-24(32-16-20)28(29,30)31/h4-14,16,36H,15,17H2,1-3H3,(H,33,37). The molecule has 0 aliphatic heterocycles. The first-order valence-corrected chi connectivity index (χ1v) is 13.6. The third-order valence-electron chi connectivity index (χ3n) is 6.77. The molecule has 40 heavy (non-hydrogen) atoms. The zero-order chi connectivity index (χ0) is 29.3. The highest BCUT2D eigenvalue weighted by atomic mass is 32.2. The van der Waals surface area contributed by atoms with E-state index in [2.05, 4.69) is 15.4 Å². The molecule has 2 N–H and O–H groups in total. The van der Waals surface area contributed by atoms with Gasteiger partial charge in [0.05, 0.1) is 20.9 Å². The van der Waals surface area contributed by atoms with Crippen molar-refractivity contribution < 1.29 is 31.5 Å². The van der Waals surface area contributed by atoms with Crippen LogP contribution in [-0.4, -0.2) is 45.5 Å². The number of aromatic nitrogens is 3. The van der Waals surface area contributed by atoms with Gasteiger partial charge in [-0.25, -0.2) is 8.42 Å². The molecule has 0 saturated carbocycles. The van der Waals surface area contributed by atoms with Crippen molar-refractivity contribution in [3.05, 3.63) is 95.4 Å². The van der Waals surface area contributed by atoms with Gasteiger partial charge in [-0.2, -0.15) is 18.3 Å². The van der Waals surface area contributed by atoms with E-state index in [1.54, 1.807) is 24.7 Å². The molecule has 2 aromatic carbocycles. The number of nitrogens with one attached hydrogen (secondary N) is 1. The van der Waals surface area contributed by atoms with Crippen LogP contribution in [0.5, 0.6) is 5.75 Å². The maximum Gasteiger partial charge on any atom is 0.433 e. The number of alkyl halides is 3. The average molecular weight is 573 g/mol. The molecule has 0 spiro atoms. The monoisotopic (exact) mass is 572 g/mol. The fourth-order valence-electron chi connectivity index (χ4n) is 4.41. The third kappa shape index (κ3) is 5.57. The molecule has 4 aromatic rings. The van der Waals surface area contributed by atoms with Crippen LogP contribution in [0.2, 0.25) is 0 Å². The van der Waals surface area contributed by atoms with Crippen LogP contribution >= 0.6 is 0 Å². The fraction of sp³-hybridized carbons (Fsp3) is 0.250. The number of phenolic OH excluding ortho intramolecular Hbond substituents is 1. The van der Waals surface area contributed by atoms with Crippen molar-refractivity contribution in [2.24, 2.45) is 7.05 Å². The number of aromatic hydroxyl groups is 1. The summed E-state index contributed by atoms with van der Waals surface area (Å²) < 4.78 is 67.0. The molecule has 0 fully saturated rings. The van der Waals surface area contributed by atoms with E-state index in [4.69, 9.17) is 0 Å². The van der Waals surface area contributed by atoms with Crippen LogP contribution in [-0.2, 0) is 29.5 Å². The number of hydrogen-bond acceptors (Lipinski definition) is 6. The van der Waals surface area contributed by atoms with E-state index in [9.17, 15) is 31.5 Å². The van der Waals surface area contributed by atoms with Crippen molar-refractivity contribution in [1.82, 2.24) is 20.1 Å². The molecule has 1 atom stereocenters. The first kappa shape index (κ1) is 28.8. The zero-order valence-corrected chi connectivity index (χ0v) is 22.7. The summed E-state index contributed by atoms with van der Waals surface area (Å²) in [4.78, 5) is 15.8. The van der Waals surface area contributed by atoms with Crippen LogP contribution in [0.25, 0.3) is 11.3 Å². The number of halogens is 3. The van der Waals surface area contributed by atoms with Crippen molar-refractivity contribution in [3.8, 4) is 17.0 Å². The summed E-state index contributed by atoms with van der Waals surface area (Å²) in [5.41, 5.74) is 1.46. The van der Waals surface area contributed by atoms with E-state index in [1.807, 2.05) is 30.3 Å². The lowest BCUT2D eigenvalue weighted by atomic mass is 9.99. The van der Waals surface area contributed by atoms with Crippen LogP contribution in [0.3, 0.4) is 0 Å². The van der Waals surface area contributed by atoms with E-state index < -0.39 is 43.8 Å². The molecule has 210 valence electrons. The second-order valence-electron chi connectivity index (χ2n) is 9.62. The Hall–Kier alpha value is -4.19. The third-order valence-corrected chi connectivity index (χ3v) is 9.22. The van der Waals surface area contributed by atoms with Gasteiger partial charge in [-0.3, -0.25) is 14.5 Å². The molecule has 4 rings (SSSR count). The molecule has 0 bridgehead atoms. The molecule has 0 aliphatic rings. The van der Waals surface area contributed by atoms with Crippen LogP contribution in [0.15, 0.2) is 77.8 Å². The number of sulfone groups is 1. The highest BCUT2D eigenvalue weighted by Gasteiger charge is 2.43. The number of rotatable bonds is 8. The van der Waals surface area contributed by atoms with E-state index in [1.165, 1.54) is 25.1 Å². The molecule has 0 radical (unpaired) electrons. The Morgan fingerprint density at radius 2 is 1.68 bits per heavy atom. The maximum absolute atomic E-state index is 14.0. The summed E-state index contributed by atoms with van der Waals surface area (Å²) in [5.74, 6) is -0.997. The number of aryl methyl sites for hydroxylation is 1. The Morgan fingerprint density at radius 3 is 2.27 bits per heavy atom. The molecular formula is C28H27F3N4O4S. The first-order valence-electron chi connectivity index (χ1n) is 12.2. The number of amides is 1. The number of carbonyl (C=O) groups is 1. The van der Waals surface area contributed by atoms with Gasteiger partial charge in [0.2, 0.25) is 0 Å². The summed E-state index contributed by atoms with van der Waals surface area (Å²) in [6, 6.07) is 16.6. The molecule has 12 heteroatoms. The minimum absolute atomic E-state index is 0.0541. The number of para-hydroxylation sites is 1. The largest absolute Gasteiger partial charge is 0.507 e. The van der Waals surface area contributed by atoms with Crippen molar-refractivity contribution in [3.63, 3.8) is 0 Å². The summed E-state index contributed by atoms with van der Waals surface area (Å²) in [6.07, 6.45) is -4.21. The number of pyridine rings is 1. The van der Waals surface area contributed by atoms with Crippen LogP contribution in [0, 0.1) is 6.92 Å². The Balaban J connectivity index is 1.76. The second kappa shape index (κ2) is 10.8. The highest BCUT2D eigenvalue weighted by molar-refractivity contribution is 7.92. The van der Waals surface area contributed by atoms with E-state index >= 15 is 0 Å². The van der Waals surface area contributed by atoms with Gasteiger partial charge < -0.3 is 10.4 Å². The molecule has 0 aliphatic carbocycles. The summed E-state index contributed by atoms with van der Waals surface area (Å²) in [6.45, 7) is 2.78. The molecule has 8 nitrogen and oxygen atoms in total. The van der Waals surface area contributed by atoms with Crippen molar-refractivity contribution >= 4 is 15.7 Å². The average Bonchev–Trinajstić information content (AvgIpc) is 3.20. The van der Waals surface area contributed by atoms with Crippen LogP contribution < -0.4 is 5.32 Å². The molecule has 0 saturated heterocycles. The number of hydrogen-bond donors (Lipinski definition) is 2. The quantitative estimate of drug-likeness (QED) is 0.316. The minimum atomic E-state index is -4.74. The van der Waals surface area contributed by atoms with Gasteiger partial charge >= 0.3 is 6.18 Å². The van der Waals surface area contributed by atoms with Gasteiger partial charge in [0, 0.05) is 37.5 Å². The highest BCUT2D eigenvalue weighted by Crippen LogP contribution is 2.34. The molecule has 2 heterocycles. The number of benzene rings is 2. The summed E-state index contributed by atoms with van der Waals surface area (Å²) in [7, 11) is -2.72. The summed E-state index contributed by atoms with van der Waals surface area (Å²) in [5, 5.41) is 17.2. The molecular weight excluding hydrogens is 545 g/mol. The van der Waals surface area contributed by atoms with Gasteiger partial charge in [0.15, 0.2) is 9.84 Å². The topological polar surface area (TPSA) is 114 Å². The fourth-order valence-corrected chi connectivity index (χ4v) is 6.00. The SMILES string of the molecule is Cc1c(-c2ccccc2)nn(C)c1CC(C)(CNC(=O)c1ccccc1O)S(=O)(=O)c1ccc(C(F)(F)F)nc1. The number of carbonyl (C=O) groups excluding carboxylic acids is 1. The number of nitrogens with zero attached hydrogens (tertiary/aromatic N) is 3. The molecule has 2 aromatic heterocycles. The lowest BCUT2D eigenvalue weighted by Crippen LogP contribution is -2.48. The molecule has 1 unspecified atom stereocenters. The zero-order valence-electron chi connectivity index (χ0n) is 21.9. The van der Waals surface area contributed by atoms with Gasteiger partial charge in [-0.15, -0.1) is 0 Å². The predicted octanol–water partition coefficient (Wildman–Crippen LogP) is 4.72. The Bertz CT molecular complexity index is 1640. The molecule has 1 amide bonds. The van der Waals surface area contributed by atoms with Gasteiger partial charge in [0.25, 0.3) is 5.91 Å². The van der Waals surface area contributed by atoms with Gasteiger partial charge in [-0.1, -0.05) is 42.5 Å². The Kier molecular flexibility index (Phi) is 7.75. The lowest BCUT2D eigenvalue weighted by Gasteiger charge is -2.30. The lowest BCUT2D eigenvalue weighted by molar-refractivity contribution is -0.141. The predicted molar refractivity (Wildman–Crippen MR) is 142 cm³/mol.